The minimum atomic E-state index is -0.398. The molecule has 0 spiro atoms. The Balaban J connectivity index is 1.26. The number of aliphatic hydroxyl groups is 1. The zero-order valence-electron chi connectivity index (χ0n) is 19.3. The Hall–Kier alpha value is -0.930. The fraction of sp³-hybridized carbons (Fsp3) is 0.815. The Morgan fingerprint density at radius 2 is 1.90 bits per heavy atom. The minimum absolute atomic E-state index is 0.398. The second-order valence-corrected chi connectivity index (χ2v) is 11.9. The molecule has 0 radical (unpaired) electrons. The summed E-state index contributed by atoms with van der Waals surface area (Å²) in [6.45, 7) is 8.09. The molecule has 0 amide bonds. The van der Waals surface area contributed by atoms with Gasteiger partial charge in [-0.2, -0.15) is 0 Å². The van der Waals surface area contributed by atoms with E-state index in [-0.39, 0.29) is 0 Å². The van der Waals surface area contributed by atoms with Gasteiger partial charge in [-0.25, -0.2) is 0 Å². The second-order valence-electron chi connectivity index (χ2n) is 11.9. The summed E-state index contributed by atoms with van der Waals surface area (Å²) < 4.78 is 0. The molecule has 3 nitrogen and oxygen atoms in total. The predicted molar refractivity (Wildman–Crippen MR) is 122 cm³/mol. The van der Waals surface area contributed by atoms with E-state index >= 15 is 0 Å². The van der Waals surface area contributed by atoms with Crippen LogP contribution in [-0.2, 0) is 6.54 Å². The Bertz CT molecular complexity index is 734. The lowest BCUT2D eigenvalue weighted by Gasteiger charge is -2.57. The van der Waals surface area contributed by atoms with Gasteiger partial charge < -0.3 is 10.4 Å². The molecule has 1 heterocycles. The Morgan fingerprint density at radius 1 is 1.07 bits per heavy atom. The molecule has 0 saturated heterocycles. The van der Waals surface area contributed by atoms with Crippen LogP contribution < -0.4 is 5.32 Å². The summed E-state index contributed by atoms with van der Waals surface area (Å²) in [7, 11) is 0. The molecule has 4 aliphatic rings. The number of nitrogens with zero attached hydrogens (tertiary/aromatic N) is 1. The highest BCUT2D eigenvalue weighted by Gasteiger charge is 2.58. The fourth-order valence-electron chi connectivity index (χ4n) is 8.87. The number of aromatic nitrogens is 1. The molecule has 166 valence electrons. The van der Waals surface area contributed by atoms with Crippen molar-refractivity contribution in [1.82, 2.24) is 10.3 Å². The van der Waals surface area contributed by atoms with Crippen LogP contribution in [-0.4, -0.2) is 21.7 Å². The second kappa shape index (κ2) is 7.89. The van der Waals surface area contributed by atoms with Gasteiger partial charge in [0.25, 0.3) is 0 Å². The smallest absolute Gasteiger partial charge is 0.0622 e. The van der Waals surface area contributed by atoms with Gasteiger partial charge in [-0.15, -0.1) is 0 Å². The van der Waals surface area contributed by atoms with Crippen molar-refractivity contribution >= 4 is 0 Å². The highest BCUT2D eigenvalue weighted by atomic mass is 16.3. The van der Waals surface area contributed by atoms with Gasteiger partial charge in [0.15, 0.2) is 0 Å². The molecule has 9 atom stereocenters. The molecule has 30 heavy (non-hydrogen) atoms. The van der Waals surface area contributed by atoms with Gasteiger partial charge >= 0.3 is 0 Å². The zero-order chi connectivity index (χ0) is 20.9. The average molecular weight is 411 g/mol. The molecule has 2 N–H and O–H groups in total. The highest BCUT2D eigenvalue weighted by molar-refractivity contribution is 5.10. The maximum Gasteiger partial charge on any atom is 0.0622 e. The van der Waals surface area contributed by atoms with Crippen LogP contribution in [0.3, 0.4) is 0 Å². The van der Waals surface area contributed by atoms with E-state index in [1.807, 2.05) is 18.5 Å². The maximum absolute atomic E-state index is 10.6. The van der Waals surface area contributed by atoms with Crippen LogP contribution in [0.25, 0.3) is 0 Å². The van der Waals surface area contributed by atoms with Gasteiger partial charge in [0, 0.05) is 25.0 Å². The minimum Gasteiger partial charge on any atom is -0.390 e. The van der Waals surface area contributed by atoms with Crippen molar-refractivity contribution < 1.29 is 5.11 Å². The molecule has 1 aromatic heterocycles. The van der Waals surface area contributed by atoms with Crippen molar-refractivity contribution in [3.05, 3.63) is 30.1 Å². The SMILES string of the molecule is C[C@@H](NCc1cccnc1)C1CC[C@H]2[C@@H]3CC[C@@H]4C[C@](C)(O)CC[C@@H]4[C@H]3CC[C@]12C. The number of hydrogen-bond donors (Lipinski definition) is 2. The number of rotatable bonds is 4. The first kappa shape index (κ1) is 20.9. The van der Waals surface area contributed by atoms with Crippen molar-refractivity contribution in [2.24, 2.45) is 40.9 Å². The van der Waals surface area contributed by atoms with Gasteiger partial charge in [0.05, 0.1) is 5.60 Å². The van der Waals surface area contributed by atoms with Crippen molar-refractivity contribution in [3.8, 4) is 0 Å². The average Bonchev–Trinajstić information content (AvgIpc) is 3.09. The van der Waals surface area contributed by atoms with Crippen LogP contribution in [0.5, 0.6) is 0 Å². The monoisotopic (exact) mass is 410 g/mol. The van der Waals surface area contributed by atoms with E-state index in [0.29, 0.717) is 11.5 Å². The molecular formula is C27H42N2O. The number of nitrogens with one attached hydrogen (secondary N) is 1. The number of hydrogen-bond acceptors (Lipinski definition) is 3. The van der Waals surface area contributed by atoms with Crippen molar-refractivity contribution in [2.75, 3.05) is 0 Å². The lowest BCUT2D eigenvalue weighted by Crippen LogP contribution is -2.52. The molecule has 1 unspecified atom stereocenters. The normalized spacial score (nSPS) is 46.5. The molecular weight excluding hydrogens is 368 g/mol. The van der Waals surface area contributed by atoms with E-state index in [9.17, 15) is 5.11 Å². The largest absolute Gasteiger partial charge is 0.390 e. The standard InChI is InChI=1S/C27H42N2O/c1-18(29-17-19-5-4-14-28-16-19)24-8-9-25-23-7-6-20-15-26(2,30)12-10-21(20)22(23)11-13-27(24,25)3/h4-5,14,16,18,20-25,29-30H,6-13,15,17H2,1-3H3/t18-,20-,21+,22-,23-,24?,25+,26-,27-/m1/s1. The predicted octanol–water partition coefficient (Wildman–Crippen LogP) is 5.58. The third-order valence-electron chi connectivity index (χ3n) is 10.3. The van der Waals surface area contributed by atoms with Crippen LogP contribution in [0.2, 0.25) is 0 Å². The zero-order valence-corrected chi connectivity index (χ0v) is 19.3. The van der Waals surface area contributed by atoms with E-state index in [4.69, 9.17) is 0 Å². The molecule has 0 aromatic carbocycles. The molecule has 4 aliphatic carbocycles. The van der Waals surface area contributed by atoms with Crippen molar-refractivity contribution in [1.29, 1.82) is 0 Å². The van der Waals surface area contributed by atoms with Gasteiger partial charge in [-0.1, -0.05) is 13.0 Å². The third kappa shape index (κ3) is 3.64. The lowest BCUT2D eigenvalue weighted by molar-refractivity contribution is -0.101. The summed E-state index contributed by atoms with van der Waals surface area (Å²) in [4.78, 5) is 4.27. The summed E-state index contributed by atoms with van der Waals surface area (Å²) in [5.41, 5.74) is 1.40. The summed E-state index contributed by atoms with van der Waals surface area (Å²) >= 11 is 0. The van der Waals surface area contributed by atoms with E-state index in [1.165, 1.54) is 50.5 Å². The van der Waals surface area contributed by atoms with E-state index in [2.05, 4.69) is 37.1 Å². The Kier molecular flexibility index (Phi) is 5.51. The highest BCUT2D eigenvalue weighted by Crippen LogP contribution is 2.65. The Morgan fingerprint density at radius 3 is 2.70 bits per heavy atom. The van der Waals surface area contributed by atoms with Crippen LogP contribution in [0, 0.1) is 40.9 Å². The third-order valence-corrected chi connectivity index (χ3v) is 10.3. The summed E-state index contributed by atoms with van der Waals surface area (Å²) in [6, 6.07) is 4.78. The molecule has 1 aromatic rings. The summed E-state index contributed by atoms with van der Waals surface area (Å²) in [5.74, 6) is 5.29. The van der Waals surface area contributed by atoms with E-state index in [1.54, 1.807) is 0 Å². The number of pyridine rings is 1. The maximum atomic E-state index is 10.6. The molecule has 0 bridgehead atoms. The summed E-state index contributed by atoms with van der Waals surface area (Å²) in [6.07, 6.45) is 15.7. The van der Waals surface area contributed by atoms with E-state index < -0.39 is 5.60 Å². The van der Waals surface area contributed by atoms with Crippen LogP contribution >= 0.6 is 0 Å². The van der Waals surface area contributed by atoms with Gasteiger partial charge in [0.2, 0.25) is 0 Å². The Labute approximate surface area is 183 Å². The first-order chi connectivity index (χ1) is 14.4. The van der Waals surface area contributed by atoms with Crippen molar-refractivity contribution in [2.45, 2.75) is 96.7 Å². The summed E-state index contributed by atoms with van der Waals surface area (Å²) in [5, 5.41) is 14.5. The molecule has 5 rings (SSSR count). The molecule has 3 heteroatoms. The number of fused-ring (bicyclic) bond motifs is 5. The van der Waals surface area contributed by atoms with Gasteiger partial charge in [-0.05, 0) is 124 Å². The van der Waals surface area contributed by atoms with Crippen LogP contribution in [0.4, 0.5) is 0 Å². The van der Waals surface area contributed by atoms with Crippen LogP contribution in [0.15, 0.2) is 24.5 Å². The first-order valence-electron chi connectivity index (χ1n) is 12.7. The quantitative estimate of drug-likeness (QED) is 0.681. The molecule has 4 fully saturated rings. The van der Waals surface area contributed by atoms with E-state index in [0.717, 1.165) is 54.9 Å². The van der Waals surface area contributed by atoms with Gasteiger partial charge in [0.1, 0.15) is 0 Å². The van der Waals surface area contributed by atoms with Crippen molar-refractivity contribution in [3.63, 3.8) is 0 Å². The molecule has 0 aliphatic heterocycles. The first-order valence-corrected chi connectivity index (χ1v) is 12.7. The molecule has 4 saturated carbocycles. The fourth-order valence-corrected chi connectivity index (χ4v) is 8.87. The van der Waals surface area contributed by atoms with Crippen LogP contribution in [0.1, 0.15) is 84.1 Å². The van der Waals surface area contributed by atoms with Gasteiger partial charge in [-0.3, -0.25) is 4.98 Å². The topological polar surface area (TPSA) is 45.2 Å². The lowest BCUT2D eigenvalue weighted by atomic mass is 9.49.